The normalized spacial score (nSPS) is 13.1. The van der Waals surface area contributed by atoms with Crippen molar-refractivity contribution in [2.75, 3.05) is 11.9 Å². The fraction of sp³-hybridized carbons (Fsp3) is 0.333. The minimum absolute atomic E-state index is 0.258. The van der Waals surface area contributed by atoms with E-state index < -0.39 is 24.8 Å². The highest BCUT2D eigenvalue weighted by molar-refractivity contribution is 7.14. The molecule has 0 aliphatic rings. The van der Waals surface area contributed by atoms with Crippen LogP contribution in [0.3, 0.4) is 0 Å². The van der Waals surface area contributed by atoms with Crippen molar-refractivity contribution in [3.8, 4) is 11.5 Å². The highest BCUT2D eigenvalue weighted by Gasteiger charge is 2.30. The van der Waals surface area contributed by atoms with Gasteiger partial charge in [-0.05, 0) is 19.1 Å². The first-order valence-corrected chi connectivity index (χ1v) is 6.72. The Morgan fingerprint density at radius 2 is 2.33 bits per heavy atom. The fourth-order valence-electron chi connectivity index (χ4n) is 1.37. The molecule has 1 unspecified atom stereocenters. The molecule has 0 bridgehead atoms. The Morgan fingerprint density at radius 1 is 1.57 bits per heavy atom. The van der Waals surface area contributed by atoms with Crippen LogP contribution in [0.2, 0.25) is 0 Å². The number of anilines is 1. The van der Waals surface area contributed by atoms with Crippen LogP contribution >= 0.6 is 11.3 Å². The van der Waals surface area contributed by atoms with Gasteiger partial charge < -0.3 is 9.15 Å². The third kappa shape index (κ3) is 4.57. The topological polar surface area (TPSA) is 64.4 Å². The molecule has 2 heterocycles. The lowest BCUT2D eigenvalue weighted by molar-refractivity contribution is -0.184. The average Bonchev–Trinajstić information content (AvgIpc) is 3.04. The molecular weight excluding hydrogens is 309 g/mol. The number of aromatic nitrogens is 1. The smallest absolute Gasteiger partial charge is 0.411 e. The van der Waals surface area contributed by atoms with Gasteiger partial charge >= 0.3 is 6.18 Å². The summed E-state index contributed by atoms with van der Waals surface area (Å²) in [6.45, 7) is -0.237. The number of furan rings is 1. The summed E-state index contributed by atoms with van der Waals surface area (Å²) < 4.78 is 45.6. The summed E-state index contributed by atoms with van der Waals surface area (Å²) in [4.78, 5) is 15.8. The van der Waals surface area contributed by atoms with Crippen molar-refractivity contribution in [2.24, 2.45) is 0 Å². The number of nitrogens with zero attached hydrogens (tertiary/aromatic N) is 1. The summed E-state index contributed by atoms with van der Waals surface area (Å²) >= 11 is 1.14. The summed E-state index contributed by atoms with van der Waals surface area (Å²) in [5, 5.41) is 4.32. The quantitative estimate of drug-likeness (QED) is 0.918. The van der Waals surface area contributed by atoms with Crippen molar-refractivity contribution in [3.05, 3.63) is 23.8 Å². The second kappa shape index (κ2) is 6.27. The minimum Gasteiger partial charge on any atom is -0.463 e. The first-order chi connectivity index (χ1) is 9.85. The van der Waals surface area contributed by atoms with Crippen LogP contribution in [0.1, 0.15) is 6.92 Å². The second-order valence-corrected chi connectivity index (χ2v) is 4.93. The highest BCUT2D eigenvalue weighted by Crippen LogP contribution is 2.25. The zero-order valence-electron chi connectivity index (χ0n) is 10.8. The van der Waals surface area contributed by atoms with E-state index in [1.165, 1.54) is 13.2 Å². The number of thiazole rings is 1. The van der Waals surface area contributed by atoms with E-state index >= 15 is 0 Å². The summed E-state index contributed by atoms with van der Waals surface area (Å²) in [6, 6.07) is 3.40. The maximum absolute atomic E-state index is 12.0. The van der Waals surface area contributed by atoms with E-state index in [4.69, 9.17) is 4.42 Å². The van der Waals surface area contributed by atoms with E-state index in [0.717, 1.165) is 11.3 Å². The summed E-state index contributed by atoms with van der Waals surface area (Å²) in [5.41, 5.74) is 0.532. The Hall–Kier alpha value is -1.87. The molecule has 2 rings (SSSR count). The summed E-state index contributed by atoms with van der Waals surface area (Å²) in [7, 11) is 0. The van der Waals surface area contributed by atoms with Gasteiger partial charge in [-0.1, -0.05) is 0 Å². The van der Waals surface area contributed by atoms with Crippen molar-refractivity contribution < 1.29 is 27.1 Å². The van der Waals surface area contributed by atoms with Crippen LogP contribution in [0, 0.1) is 0 Å². The number of carbonyl (C=O) groups is 1. The molecule has 0 aliphatic heterocycles. The summed E-state index contributed by atoms with van der Waals surface area (Å²) in [5.74, 6) is -0.160. The largest absolute Gasteiger partial charge is 0.463 e. The lowest BCUT2D eigenvalue weighted by Crippen LogP contribution is -2.31. The molecule has 5 nitrogen and oxygen atoms in total. The number of hydrogen-bond acceptors (Lipinski definition) is 5. The van der Waals surface area contributed by atoms with Gasteiger partial charge in [-0.3, -0.25) is 10.1 Å². The number of alkyl halides is 3. The molecule has 2 aromatic heterocycles. The Labute approximate surface area is 121 Å². The van der Waals surface area contributed by atoms with Gasteiger partial charge in [-0.25, -0.2) is 4.98 Å². The van der Waals surface area contributed by atoms with Gasteiger partial charge in [0.15, 0.2) is 10.9 Å². The molecule has 9 heteroatoms. The van der Waals surface area contributed by atoms with Gasteiger partial charge in [0.05, 0.1) is 6.26 Å². The van der Waals surface area contributed by atoms with Gasteiger partial charge in [-0.2, -0.15) is 13.2 Å². The highest BCUT2D eigenvalue weighted by atomic mass is 32.1. The zero-order valence-corrected chi connectivity index (χ0v) is 11.6. The second-order valence-electron chi connectivity index (χ2n) is 4.07. The Morgan fingerprint density at radius 3 is 2.95 bits per heavy atom. The van der Waals surface area contributed by atoms with Gasteiger partial charge in [0.1, 0.15) is 18.4 Å². The predicted octanol–water partition coefficient (Wildman–Crippen LogP) is 3.31. The first kappa shape index (κ1) is 15.5. The van der Waals surface area contributed by atoms with Gasteiger partial charge in [0, 0.05) is 5.38 Å². The number of nitrogens with one attached hydrogen (secondary N) is 1. The molecule has 0 radical (unpaired) electrons. The van der Waals surface area contributed by atoms with Crippen LogP contribution in [-0.4, -0.2) is 29.8 Å². The molecule has 1 amide bonds. The number of halogens is 3. The monoisotopic (exact) mass is 320 g/mol. The van der Waals surface area contributed by atoms with Crippen LogP contribution in [0.5, 0.6) is 0 Å². The standard InChI is InChI=1S/C12H11F3N2O3S/c1-7(20-6-12(13,14)15)10(18)17-11-16-8(5-21-11)9-3-2-4-19-9/h2-5,7H,6H2,1H3,(H,16,17,18). The molecule has 0 saturated carbocycles. The predicted molar refractivity (Wildman–Crippen MR) is 69.9 cm³/mol. The Balaban J connectivity index is 1.91. The first-order valence-electron chi connectivity index (χ1n) is 5.84. The summed E-state index contributed by atoms with van der Waals surface area (Å²) in [6.07, 6.45) is -4.22. The molecule has 0 aliphatic carbocycles. The molecule has 1 atom stereocenters. The molecular formula is C12H11F3N2O3S. The molecule has 0 fully saturated rings. The van der Waals surface area contributed by atoms with E-state index in [2.05, 4.69) is 15.0 Å². The number of rotatable bonds is 5. The third-order valence-electron chi connectivity index (χ3n) is 2.37. The maximum atomic E-state index is 12.0. The fourth-order valence-corrected chi connectivity index (χ4v) is 2.07. The third-order valence-corrected chi connectivity index (χ3v) is 3.13. The lowest BCUT2D eigenvalue weighted by Gasteiger charge is -2.13. The van der Waals surface area contributed by atoms with Gasteiger partial charge in [-0.15, -0.1) is 11.3 Å². The number of carbonyl (C=O) groups excluding carboxylic acids is 1. The lowest BCUT2D eigenvalue weighted by atomic mass is 10.4. The molecule has 0 spiro atoms. The van der Waals surface area contributed by atoms with Crippen molar-refractivity contribution in [3.63, 3.8) is 0 Å². The van der Waals surface area contributed by atoms with Crippen LogP contribution in [0.15, 0.2) is 28.2 Å². The van der Waals surface area contributed by atoms with E-state index in [1.807, 2.05) is 0 Å². The number of amides is 1. The minimum atomic E-state index is -4.47. The Kier molecular flexibility index (Phi) is 4.63. The van der Waals surface area contributed by atoms with Crippen LogP contribution in [-0.2, 0) is 9.53 Å². The van der Waals surface area contributed by atoms with Crippen LogP contribution in [0.25, 0.3) is 11.5 Å². The van der Waals surface area contributed by atoms with Gasteiger partial charge in [0.2, 0.25) is 0 Å². The molecule has 2 aromatic rings. The van der Waals surface area contributed by atoms with Crippen molar-refractivity contribution in [1.29, 1.82) is 0 Å². The van der Waals surface area contributed by atoms with Crippen LogP contribution < -0.4 is 5.32 Å². The average molecular weight is 320 g/mol. The molecule has 1 N–H and O–H groups in total. The van der Waals surface area contributed by atoms with E-state index in [-0.39, 0.29) is 5.13 Å². The maximum Gasteiger partial charge on any atom is 0.411 e. The molecule has 21 heavy (non-hydrogen) atoms. The van der Waals surface area contributed by atoms with Gasteiger partial charge in [0.25, 0.3) is 5.91 Å². The SMILES string of the molecule is CC(OCC(F)(F)F)C(=O)Nc1nc(-c2ccco2)cs1. The number of hydrogen-bond donors (Lipinski definition) is 1. The van der Waals surface area contributed by atoms with E-state index in [1.54, 1.807) is 17.5 Å². The van der Waals surface area contributed by atoms with E-state index in [0.29, 0.717) is 11.5 Å². The zero-order chi connectivity index (χ0) is 15.5. The van der Waals surface area contributed by atoms with Crippen molar-refractivity contribution >= 4 is 22.4 Å². The van der Waals surface area contributed by atoms with Crippen molar-refractivity contribution in [1.82, 2.24) is 4.98 Å². The Bertz CT molecular complexity index is 595. The van der Waals surface area contributed by atoms with Crippen molar-refractivity contribution in [2.45, 2.75) is 19.2 Å². The van der Waals surface area contributed by atoms with Crippen LogP contribution in [0.4, 0.5) is 18.3 Å². The molecule has 0 aromatic carbocycles. The van der Waals surface area contributed by atoms with E-state index in [9.17, 15) is 18.0 Å². The molecule has 0 saturated heterocycles. The number of ether oxygens (including phenoxy) is 1. The molecule has 114 valence electrons.